The lowest BCUT2D eigenvalue weighted by molar-refractivity contribution is -0.122. The number of carbonyl (C=O) groups excluding carboxylic acids is 2. The van der Waals surface area contributed by atoms with Crippen LogP contribution in [0, 0.1) is 16.7 Å². The monoisotopic (exact) mass is 357 g/mol. The van der Waals surface area contributed by atoms with Gasteiger partial charge in [-0.2, -0.15) is 5.26 Å². The normalized spacial score (nSPS) is 25.7. The van der Waals surface area contributed by atoms with E-state index in [2.05, 4.69) is 18.0 Å². The van der Waals surface area contributed by atoms with Crippen LogP contribution in [-0.4, -0.2) is 49.3 Å². The van der Waals surface area contributed by atoms with E-state index in [1.54, 1.807) is 0 Å². The van der Waals surface area contributed by atoms with E-state index in [1.165, 1.54) is 0 Å². The number of hydrogen-bond acceptors (Lipinski definition) is 6. The number of nitriles is 1. The summed E-state index contributed by atoms with van der Waals surface area (Å²) >= 11 is 0. The van der Waals surface area contributed by atoms with Gasteiger partial charge in [0, 0.05) is 17.7 Å². The van der Waals surface area contributed by atoms with E-state index in [0.717, 1.165) is 23.1 Å². The summed E-state index contributed by atoms with van der Waals surface area (Å²) < 4.78 is 5.66. The first kappa shape index (κ1) is 20.1. The van der Waals surface area contributed by atoms with Crippen molar-refractivity contribution in [3.63, 3.8) is 0 Å². The lowest BCUT2D eigenvalue weighted by atomic mass is 9.77. The van der Waals surface area contributed by atoms with Crippen molar-refractivity contribution in [1.29, 1.82) is 5.26 Å². The number of aldehydes is 1. The van der Waals surface area contributed by atoms with Gasteiger partial charge in [0.1, 0.15) is 24.7 Å². The SMILES string of the molecule is C=C1/C(=C(/C)[C@@](C)(C=O)CC)CC=C(C#N)N1CC1CNCC(=O)CO1. The van der Waals surface area contributed by atoms with Crippen molar-refractivity contribution in [2.24, 2.45) is 5.41 Å². The second-order valence-corrected chi connectivity index (χ2v) is 7.06. The maximum atomic E-state index is 11.6. The molecule has 0 radical (unpaired) electrons. The van der Waals surface area contributed by atoms with Gasteiger partial charge in [0.15, 0.2) is 5.78 Å². The van der Waals surface area contributed by atoms with Gasteiger partial charge in [-0.1, -0.05) is 19.1 Å². The number of ketones is 1. The summed E-state index contributed by atoms with van der Waals surface area (Å²) in [6.45, 7) is 11.4. The molecule has 0 amide bonds. The molecule has 0 aromatic rings. The van der Waals surface area contributed by atoms with Gasteiger partial charge >= 0.3 is 0 Å². The van der Waals surface area contributed by atoms with E-state index in [9.17, 15) is 14.9 Å². The first-order valence-electron chi connectivity index (χ1n) is 8.94. The number of Topliss-reactive ketones (excluding diaryl/α,β-unsaturated/α-hetero) is 1. The summed E-state index contributed by atoms with van der Waals surface area (Å²) in [5.74, 6) is 0.0159. The number of hydrogen-bond donors (Lipinski definition) is 1. The number of nitrogens with one attached hydrogen (secondary N) is 1. The van der Waals surface area contributed by atoms with Crippen LogP contribution in [0.3, 0.4) is 0 Å². The highest BCUT2D eigenvalue weighted by Gasteiger charge is 2.31. The zero-order valence-corrected chi connectivity index (χ0v) is 15.8. The Bertz CT molecular complexity index is 702. The number of carbonyl (C=O) groups is 2. The standard InChI is InChI=1S/C20H27N3O3/c1-5-20(4,13-24)14(2)19-7-6-16(8-21)23(15(19)3)11-18-10-22-9-17(25)12-26-18/h6,13,18,22H,3,5,7,9-12H2,1-2,4H3/b19-14-/t18?,20-/m1/s1. The number of nitrogens with zero attached hydrogens (tertiary/aromatic N) is 2. The molecule has 2 aliphatic heterocycles. The molecule has 0 saturated carbocycles. The van der Waals surface area contributed by atoms with Crippen LogP contribution in [0.4, 0.5) is 0 Å². The minimum Gasteiger partial charge on any atom is -0.367 e. The van der Waals surface area contributed by atoms with E-state index in [-0.39, 0.29) is 18.5 Å². The molecule has 1 fully saturated rings. The van der Waals surface area contributed by atoms with E-state index in [1.807, 2.05) is 31.7 Å². The van der Waals surface area contributed by atoms with E-state index in [0.29, 0.717) is 38.2 Å². The van der Waals surface area contributed by atoms with Crippen molar-refractivity contribution < 1.29 is 14.3 Å². The quantitative estimate of drug-likeness (QED) is 0.759. The van der Waals surface area contributed by atoms with Gasteiger partial charge in [0.2, 0.25) is 0 Å². The topological polar surface area (TPSA) is 82.4 Å². The molecule has 2 atom stereocenters. The second kappa shape index (κ2) is 8.43. The van der Waals surface area contributed by atoms with E-state index >= 15 is 0 Å². The van der Waals surface area contributed by atoms with Crippen molar-refractivity contribution in [3.05, 3.63) is 35.2 Å². The highest BCUT2D eigenvalue weighted by molar-refractivity contribution is 5.81. The van der Waals surface area contributed by atoms with Gasteiger partial charge in [0.25, 0.3) is 0 Å². The van der Waals surface area contributed by atoms with Crippen molar-refractivity contribution in [2.45, 2.75) is 39.7 Å². The molecule has 140 valence electrons. The predicted molar refractivity (Wildman–Crippen MR) is 98.9 cm³/mol. The van der Waals surface area contributed by atoms with Gasteiger partial charge in [-0.05, 0) is 38.3 Å². The summed E-state index contributed by atoms with van der Waals surface area (Å²) in [5.41, 5.74) is 2.66. The minimum atomic E-state index is -0.547. The molecule has 26 heavy (non-hydrogen) atoms. The Hall–Kier alpha value is -2.23. The van der Waals surface area contributed by atoms with Crippen LogP contribution >= 0.6 is 0 Å². The van der Waals surface area contributed by atoms with E-state index < -0.39 is 5.41 Å². The molecule has 6 nitrogen and oxygen atoms in total. The molecule has 0 aromatic heterocycles. The Balaban J connectivity index is 2.30. The Labute approximate surface area is 155 Å². The van der Waals surface area contributed by atoms with Crippen molar-refractivity contribution in [3.8, 4) is 6.07 Å². The molecule has 0 aromatic carbocycles. The lowest BCUT2D eigenvalue weighted by Gasteiger charge is -2.36. The van der Waals surface area contributed by atoms with Crippen LogP contribution in [0.1, 0.15) is 33.6 Å². The van der Waals surface area contributed by atoms with Crippen LogP contribution < -0.4 is 5.32 Å². The average Bonchev–Trinajstić information content (AvgIpc) is 2.86. The van der Waals surface area contributed by atoms with E-state index in [4.69, 9.17) is 4.74 Å². The molecule has 0 spiro atoms. The van der Waals surface area contributed by atoms with Crippen LogP contribution in [0.2, 0.25) is 0 Å². The molecular weight excluding hydrogens is 330 g/mol. The molecule has 0 aliphatic carbocycles. The maximum Gasteiger partial charge on any atom is 0.172 e. The fourth-order valence-electron chi connectivity index (χ4n) is 3.21. The van der Waals surface area contributed by atoms with Crippen LogP contribution in [0.5, 0.6) is 0 Å². The van der Waals surface area contributed by atoms with Gasteiger partial charge in [-0.3, -0.25) is 4.79 Å². The first-order valence-corrected chi connectivity index (χ1v) is 8.94. The van der Waals surface area contributed by atoms with Crippen molar-refractivity contribution in [1.82, 2.24) is 10.2 Å². The smallest absolute Gasteiger partial charge is 0.172 e. The third-order valence-electron chi connectivity index (χ3n) is 5.44. The summed E-state index contributed by atoms with van der Waals surface area (Å²) in [5, 5.41) is 12.6. The Kier molecular flexibility index (Phi) is 6.52. The van der Waals surface area contributed by atoms with Crippen LogP contribution in [0.25, 0.3) is 0 Å². The lowest BCUT2D eigenvalue weighted by Crippen LogP contribution is -2.39. The third kappa shape index (κ3) is 4.12. The molecule has 2 aliphatic rings. The second-order valence-electron chi connectivity index (χ2n) is 7.06. The molecule has 2 heterocycles. The number of allylic oxidation sites excluding steroid dienone is 4. The molecule has 1 unspecified atom stereocenters. The van der Waals surface area contributed by atoms with Crippen molar-refractivity contribution >= 4 is 12.1 Å². The highest BCUT2D eigenvalue weighted by Crippen LogP contribution is 2.38. The average molecular weight is 357 g/mol. The zero-order valence-electron chi connectivity index (χ0n) is 15.8. The maximum absolute atomic E-state index is 11.6. The summed E-state index contributed by atoms with van der Waals surface area (Å²) in [4.78, 5) is 25.0. The largest absolute Gasteiger partial charge is 0.367 e. The zero-order chi connectivity index (χ0) is 19.3. The summed E-state index contributed by atoms with van der Waals surface area (Å²) in [6, 6.07) is 2.22. The van der Waals surface area contributed by atoms with Gasteiger partial charge in [-0.15, -0.1) is 0 Å². The molecular formula is C20H27N3O3. The van der Waals surface area contributed by atoms with Gasteiger partial charge < -0.3 is 19.7 Å². The van der Waals surface area contributed by atoms with Crippen LogP contribution in [0.15, 0.2) is 35.2 Å². The molecule has 1 N–H and O–H groups in total. The molecule has 1 saturated heterocycles. The van der Waals surface area contributed by atoms with Gasteiger partial charge in [-0.25, -0.2) is 0 Å². The number of rotatable bonds is 5. The minimum absolute atomic E-state index is 0.0159. The fourth-order valence-corrected chi connectivity index (χ4v) is 3.21. The Morgan fingerprint density at radius 1 is 1.62 bits per heavy atom. The molecule has 6 heteroatoms. The summed E-state index contributed by atoms with van der Waals surface area (Å²) in [7, 11) is 0. The number of ether oxygens (including phenoxy) is 1. The van der Waals surface area contributed by atoms with Crippen LogP contribution in [-0.2, 0) is 14.3 Å². The Morgan fingerprint density at radius 3 is 2.96 bits per heavy atom. The Morgan fingerprint density at radius 2 is 2.35 bits per heavy atom. The predicted octanol–water partition coefficient (Wildman–Crippen LogP) is 2.10. The third-order valence-corrected chi connectivity index (χ3v) is 5.44. The van der Waals surface area contributed by atoms with Crippen molar-refractivity contribution in [2.75, 3.05) is 26.2 Å². The molecule has 0 bridgehead atoms. The highest BCUT2D eigenvalue weighted by atomic mass is 16.5. The molecule has 2 rings (SSSR count). The fraction of sp³-hybridized carbons (Fsp3) is 0.550. The first-order chi connectivity index (χ1) is 12.4. The van der Waals surface area contributed by atoms with Gasteiger partial charge in [0.05, 0.1) is 19.2 Å². The summed E-state index contributed by atoms with van der Waals surface area (Å²) in [6.07, 6.45) is 3.91.